The molecule has 0 heterocycles. The lowest BCUT2D eigenvalue weighted by Crippen LogP contribution is -2.58. The number of benzene rings is 2. The summed E-state index contributed by atoms with van der Waals surface area (Å²) in [7, 11) is 0. The number of hydrogen-bond acceptors (Lipinski definition) is 5. The van der Waals surface area contributed by atoms with Crippen molar-refractivity contribution in [2.75, 3.05) is 0 Å². The van der Waals surface area contributed by atoms with Crippen molar-refractivity contribution < 1.29 is 25.2 Å². The topological polar surface area (TPSA) is 98.0 Å². The molecule has 0 radical (unpaired) electrons. The van der Waals surface area contributed by atoms with Crippen molar-refractivity contribution in [3.63, 3.8) is 0 Å². The highest BCUT2D eigenvalue weighted by atomic mass is 16.4. The minimum absolute atomic E-state index is 0.0895. The van der Waals surface area contributed by atoms with E-state index in [0.29, 0.717) is 11.1 Å². The second kappa shape index (κ2) is 8.36. The normalized spacial score (nSPS) is 17.3. The van der Waals surface area contributed by atoms with Gasteiger partial charge in [-0.25, -0.2) is 0 Å². The third-order valence-corrected chi connectivity index (χ3v) is 4.31. The summed E-state index contributed by atoms with van der Waals surface area (Å²) in [6, 6.07) is 17.6. The van der Waals surface area contributed by atoms with Gasteiger partial charge in [0, 0.05) is 12.8 Å². The molecule has 0 saturated carbocycles. The average Bonchev–Trinajstić information content (AvgIpc) is 2.61. The Morgan fingerprint density at radius 2 is 1.40 bits per heavy atom. The fraction of sp³-hybridized carbons (Fsp3) is 0.350. The SMILES string of the molecule is C[C@H](O)[C@@H](O)[C@@H](O)[C@@](O)(Cc1ccccc1)C(=O)Cc1ccccc1. The van der Waals surface area contributed by atoms with Crippen LogP contribution in [0.15, 0.2) is 60.7 Å². The van der Waals surface area contributed by atoms with Gasteiger partial charge in [-0.15, -0.1) is 0 Å². The lowest BCUT2D eigenvalue weighted by Gasteiger charge is -2.35. The molecule has 2 aromatic rings. The summed E-state index contributed by atoms with van der Waals surface area (Å²) in [4.78, 5) is 12.8. The Labute approximate surface area is 147 Å². The summed E-state index contributed by atoms with van der Waals surface area (Å²) in [6.07, 6.45) is -5.00. The van der Waals surface area contributed by atoms with Gasteiger partial charge in [0.2, 0.25) is 0 Å². The molecule has 0 bridgehead atoms. The fourth-order valence-corrected chi connectivity index (χ4v) is 2.76. The zero-order valence-electron chi connectivity index (χ0n) is 14.1. The first-order valence-electron chi connectivity index (χ1n) is 8.22. The number of aliphatic hydroxyl groups excluding tert-OH is 3. The Morgan fingerprint density at radius 3 is 1.88 bits per heavy atom. The standard InChI is InChI=1S/C20H24O5/c1-14(21)18(23)19(24)20(25,13-16-10-6-3-7-11-16)17(22)12-15-8-4-2-5-9-15/h2-11,14,18-19,21,23-25H,12-13H2,1H3/t14-,18+,19+,20+/m0/s1. The zero-order chi connectivity index (χ0) is 18.4. The Kier molecular flexibility index (Phi) is 6.45. The summed E-state index contributed by atoms with van der Waals surface area (Å²) in [5, 5.41) is 41.0. The summed E-state index contributed by atoms with van der Waals surface area (Å²) in [5.74, 6) is -0.616. The summed E-state index contributed by atoms with van der Waals surface area (Å²) in [6.45, 7) is 1.29. The summed E-state index contributed by atoms with van der Waals surface area (Å²) >= 11 is 0. The van der Waals surface area contributed by atoms with Crippen LogP contribution in [0.25, 0.3) is 0 Å². The van der Waals surface area contributed by atoms with E-state index in [0.717, 1.165) is 0 Å². The van der Waals surface area contributed by atoms with Crippen molar-refractivity contribution in [3.05, 3.63) is 71.8 Å². The van der Waals surface area contributed by atoms with Gasteiger partial charge in [0.1, 0.15) is 12.2 Å². The number of carbonyl (C=O) groups excluding carboxylic acids is 1. The van der Waals surface area contributed by atoms with Crippen molar-refractivity contribution >= 4 is 5.78 Å². The van der Waals surface area contributed by atoms with Crippen molar-refractivity contribution in [1.82, 2.24) is 0 Å². The third kappa shape index (κ3) is 4.74. The van der Waals surface area contributed by atoms with E-state index in [2.05, 4.69) is 0 Å². The van der Waals surface area contributed by atoms with Crippen LogP contribution < -0.4 is 0 Å². The Hall–Kier alpha value is -2.05. The van der Waals surface area contributed by atoms with E-state index in [4.69, 9.17) is 0 Å². The highest BCUT2D eigenvalue weighted by molar-refractivity contribution is 5.90. The van der Waals surface area contributed by atoms with Gasteiger partial charge in [0.15, 0.2) is 11.4 Å². The molecule has 0 aliphatic rings. The maximum atomic E-state index is 12.8. The maximum absolute atomic E-state index is 12.8. The largest absolute Gasteiger partial charge is 0.391 e. The van der Waals surface area contributed by atoms with Crippen LogP contribution in [-0.4, -0.2) is 50.1 Å². The van der Waals surface area contributed by atoms with Gasteiger partial charge in [-0.1, -0.05) is 60.7 Å². The van der Waals surface area contributed by atoms with Gasteiger partial charge in [0.25, 0.3) is 0 Å². The molecule has 4 N–H and O–H groups in total. The number of rotatable bonds is 8. The van der Waals surface area contributed by atoms with Crippen LogP contribution in [0.4, 0.5) is 0 Å². The van der Waals surface area contributed by atoms with Crippen LogP contribution >= 0.6 is 0 Å². The smallest absolute Gasteiger partial charge is 0.171 e. The average molecular weight is 344 g/mol. The molecule has 0 fully saturated rings. The maximum Gasteiger partial charge on any atom is 0.171 e. The molecule has 0 spiro atoms. The van der Waals surface area contributed by atoms with Crippen LogP contribution in [0.1, 0.15) is 18.1 Å². The molecule has 0 aliphatic carbocycles. The van der Waals surface area contributed by atoms with Crippen LogP contribution in [0.3, 0.4) is 0 Å². The second-order valence-electron chi connectivity index (χ2n) is 6.35. The van der Waals surface area contributed by atoms with Gasteiger partial charge in [-0.2, -0.15) is 0 Å². The van der Waals surface area contributed by atoms with Crippen LogP contribution in [0, 0.1) is 0 Å². The van der Waals surface area contributed by atoms with Crippen LogP contribution in [0.5, 0.6) is 0 Å². The Balaban J connectivity index is 2.31. The van der Waals surface area contributed by atoms with Crippen molar-refractivity contribution in [2.45, 2.75) is 43.7 Å². The number of Topliss-reactive ketones (excluding diaryl/α,β-unsaturated/α-hetero) is 1. The first-order valence-corrected chi connectivity index (χ1v) is 8.22. The van der Waals surface area contributed by atoms with E-state index in [1.165, 1.54) is 6.92 Å². The van der Waals surface area contributed by atoms with Gasteiger partial charge >= 0.3 is 0 Å². The van der Waals surface area contributed by atoms with Crippen molar-refractivity contribution in [1.29, 1.82) is 0 Å². The summed E-state index contributed by atoms with van der Waals surface area (Å²) in [5.41, 5.74) is -0.880. The van der Waals surface area contributed by atoms with E-state index >= 15 is 0 Å². The molecule has 25 heavy (non-hydrogen) atoms. The predicted octanol–water partition coefficient (Wildman–Crippen LogP) is 0.875. The van der Waals surface area contributed by atoms with Gasteiger partial charge in [0.05, 0.1) is 6.10 Å². The molecule has 0 unspecified atom stereocenters. The van der Waals surface area contributed by atoms with Crippen LogP contribution in [0.2, 0.25) is 0 Å². The molecule has 0 aliphatic heterocycles. The van der Waals surface area contributed by atoms with Crippen molar-refractivity contribution in [3.8, 4) is 0 Å². The zero-order valence-corrected chi connectivity index (χ0v) is 14.1. The number of hydrogen-bond donors (Lipinski definition) is 4. The lowest BCUT2D eigenvalue weighted by atomic mass is 9.79. The second-order valence-corrected chi connectivity index (χ2v) is 6.35. The number of ketones is 1. The van der Waals surface area contributed by atoms with E-state index in [1.807, 2.05) is 6.07 Å². The molecule has 2 rings (SSSR count). The predicted molar refractivity (Wildman–Crippen MR) is 93.9 cm³/mol. The molecule has 2 aromatic carbocycles. The molecule has 0 saturated heterocycles. The quantitative estimate of drug-likeness (QED) is 0.570. The highest BCUT2D eigenvalue weighted by Gasteiger charge is 2.47. The minimum Gasteiger partial charge on any atom is -0.391 e. The van der Waals surface area contributed by atoms with E-state index in [-0.39, 0.29) is 12.8 Å². The molecule has 5 nitrogen and oxygen atoms in total. The van der Waals surface area contributed by atoms with E-state index in [1.54, 1.807) is 54.6 Å². The van der Waals surface area contributed by atoms with E-state index < -0.39 is 29.7 Å². The monoisotopic (exact) mass is 344 g/mol. The van der Waals surface area contributed by atoms with Gasteiger partial charge in [-0.3, -0.25) is 4.79 Å². The third-order valence-electron chi connectivity index (χ3n) is 4.31. The van der Waals surface area contributed by atoms with Crippen molar-refractivity contribution in [2.24, 2.45) is 0 Å². The van der Waals surface area contributed by atoms with Gasteiger partial charge < -0.3 is 20.4 Å². The first kappa shape index (κ1) is 19.3. The number of carbonyl (C=O) groups is 1. The molecule has 5 heteroatoms. The number of aliphatic hydroxyl groups is 4. The fourth-order valence-electron chi connectivity index (χ4n) is 2.76. The highest BCUT2D eigenvalue weighted by Crippen LogP contribution is 2.24. The van der Waals surface area contributed by atoms with E-state index in [9.17, 15) is 25.2 Å². The molecule has 134 valence electrons. The van der Waals surface area contributed by atoms with Gasteiger partial charge in [-0.05, 0) is 18.1 Å². The first-order chi connectivity index (χ1) is 11.8. The molecule has 0 aromatic heterocycles. The summed E-state index contributed by atoms with van der Waals surface area (Å²) < 4.78 is 0. The molecule has 0 amide bonds. The Bertz CT molecular complexity index is 671. The molecular weight excluding hydrogens is 320 g/mol. The van der Waals surface area contributed by atoms with Crippen LogP contribution in [-0.2, 0) is 17.6 Å². The molecule has 4 atom stereocenters. The minimum atomic E-state index is -2.21. The Morgan fingerprint density at radius 1 is 0.920 bits per heavy atom. The molecular formula is C20H24O5. The lowest BCUT2D eigenvalue weighted by molar-refractivity contribution is -0.170.